The zero-order valence-corrected chi connectivity index (χ0v) is 13.8. The summed E-state index contributed by atoms with van der Waals surface area (Å²) in [5.74, 6) is -0.143. The number of carbonyl (C=O) groups excluding carboxylic acids is 3. The van der Waals surface area contributed by atoms with Gasteiger partial charge in [0.2, 0.25) is 17.7 Å². The first-order chi connectivity index (χ1) is 10.3. The van der Waals surface area contributed by atoms with Crippen molar-refractivity contribution in [2.75, 3.05) is 19.6 Å². The van der Waals surface area contributed by atoms with E-state index in [2.05, 4.69) is 29.4 Å². The second-order valence-corrected chi connectivity index (χ2v) is 6.52. The lowest BCUT2D eigenvalue weighted by Crippen LogP contribution is -2.64. The van der Waals surface area contributed by atoms with Gasteiger partial charge in [0.05, 0.1) is 0 Å². The molecule has 2 heterocycles. The molecular weight excluding hydrogens is 284 g/mol. The smallest absolute Gasteiger partial charge is 0.242 e. The number of carbonyl (C=O) groups is 3. The standard InChI is InChI=1S/C15H26N4O3/c1-9(2)18-8-13-5-12(17-11(4)21)7-19(13)15(22)14(18)6-16-10(3)20/h9,12-14H,5-8H2,1-4H3,(H,16,20)(H,17,21)/t12-,13-,14-/m0/s1. The first-order valence-corrected chi connectivity index (χ1v) is 7.87. The molecule has 0 saturated carbocycles. The van der Waals surface area contributed by atoms with Crippen molar-refractivity contribution >= 4 is 17.7 Å². The van der Waals surface area contributed by atoms with E-state index in [0.29, 0.717) is 13.1 Å². The minimum absolute atomic E-state index is 0.0278. The molecule has 0 radical (unpaired) electrons. The highest BCUT2D eigenvalue weighted by molar-refractivity contribution is 5.85. The maximum absolute atomic E-state index is 12.8. The van der Waals surface area contributed by atoms with E-state index in [1.807, 2.05) is 4.90 Å². The van der Waals surface area contributed by atoms with Gasteiger partial charge in [-0.2, -0.15) is 0 Å². The Morgan fingerprint density at radius 3 is 2.45 bits per heavy atom. The second-order valence-electron chi connectivity index (χ2n) is 6.52. The molecule has 0 aromatic carbocycles. The molecule has 0 bridgehead atoms. The van der Waals surface area contributed by atoms with Crippen LogP contribution in [0, 0.1) is 0 Å². The maximum atomic E-state index is 12.8. The molecule has 0 aromatic rings. The lowest BCUT2D eigenvalue weighted by atomic mass is 10.0. The Hall–Kier alpha value is -1.63. The van der Waals surface area contributed by atoms with Crippen molar-refractivity contribution in [3.8, 4) is 0 Å². The van der Waals surface area contributed by atoms with Crippen molar-refractivity contribution < 1.29 is 14.4 Å². The average Bonchev–Trinajstić information content (AvgIpc) is 2.78. The SMILES string of the molecule is CC(=O)NC[C@H]1C(=O)N2C[C@@H](NC(C)=O)C[C@H]2CN1C(C)C. The van der Waals surface area contributed by atoms with Crippen molar-refractivity contribution in [3.63, 3.8) is 0 Å². The molecule has 2 fully saturated rings. The summed E-state index contributed by atoms with van der Waals surface area (Å²) in [6.45, 7) is 8.75. The van der Waals surface area contributed by atoms with Crippen LogP contribution in [0.3, 0.4) is 0 Å². The molecule has 2 aliphatic rings. The van der Waals surface area contributed by atoms with Crippen molar-refractivity contribution in [1.82, 2.24) is 20.4 Å². The number of nitrogens with one attached hydrogen (secondary N) is 2. The molecule has 2 aliphatic heterocycles. The van der Waals surface area contributed by atoms with Gasteiger partial charge in [0.25, 0.3) is 0 Å². The summed E-state index contributed by atoms with van der Waals surface area (Å²) < 4.78 is 0. The highest BCUT2D eigenvalue weighted by Gasteiger charge is 2.46. The summed E-state index contributed by atoms with van der Waals surface area (Å²) in [6, 6.07) is 0.0706. The Bertz CT molecular complexity index is 466. The molecule has 0 spiro atoms. The largest absolute Gasteiger partial charge is 0.354 e. The van der Waals surface area contributed by atoms with Gasteiger partial charge >= 0.3 is 0 Å². The number of nitrogens with zero attached hydrogens (tertiary/aromatic N) is 2. The van der Waals surface area contributed by atoms with Gasteiger partial charge in [-0.3, -0.25) is 19.3 Å². The summed E-state index contributed by atoms with van der Waals surface area (Å²) in [5, 5.41) is 5.66. The van der Waals surface area contributed by atoms with Gasteiger partial charge in [-0.25, -0.2) is 0 Å². The maximum Gasteiger partial charge on any atom is 0.242 e. The van der Waals surface area contributed by atoms with Gasteiger partial charge in [-0.05, 0) is 20.3 Å². The Morgan fingerprint density at radius 2 is 1.91 bits per heavy atom. The van der Waals surface area contributed by atoms with Crippen LogP contribution >= 0.6 is 0 Å². The summed E-state index contributed by atoms with van der Waals surface area (Å²) in [6.07, 6.45) is 0.793. The van der Waals surface area contributed by atoms with Crippen LogP contribution in [0.5, 0.6) is 0 Å². The topological polar surface area (TPSA) is 81.8 Å². The normalized spacial score (nSPS) is 28.7. The van der Waals surface area contributed by atoms with Gasteiger partial charge in [0, 0.05) is 51.6 Å². The van der Waals surface area contributed by atoms with Crippen LogP contribution in [0.1, 0.15) is 34.1 Å². The first-order valence-electron chi connectivity index (χ1n) is 7.87. The fourth-order valence-corrected chi connectivity index (χ4v) is 3.47. The number of amides is 3. The number of fused-ring (bicyclic) bond motifs is 1. The average molecular weight is 310 g/mol. The van der Waals surface area contributed by atoms with Crippen LogP contribution < -0.4 is 10.6 Å². The van der Waals surface area contributed by atoms with E-state index in [1.165, 1.54) is 13.8 Å². The summed E-state index contributed by atoms with van der Waals surface area (Å²) in [7, 11) is 0. The number of hydrogen-bond donors (Lipinski definition) is 2. The zero-order valence-electron chi connectivity index (χ0n) is 13.8. The molecule has 124 valence electrons. The summed E-state index contributed by atoms with van der Waals surface area (Å²) in [4.78, 5) is 39.2. The third kappa shape index (κ3) is 3.58. The molecule has 0 unspecified atom stereocenters. The Labute approximate surface area is 131 Å². The van der Waals surface area contributed by atoms with Crippen molar-refractivity contribution in [3.05, 3.63) is 0 Å². The van der Waals surface area contributed by atoms with E-state index < -0.39 is 0 Å². The second kappa shape index (κ2) is 6.64. The summed E-state index contributed by atoms with van der Waals surface area (Å²) >= 11 is 0. The van der Waals surface area contributed by atoms with Crippen LogP contribution in [0.15, 0.2) is 0 Å². The van der Waals surface area contributed by atoms with Crippen molar-refractivity contribution in [2.24, 2.45) is 0 Å². The molecule has 0 aliphatic carbocycles. The molecule has 2 rings (SSSR count). The van der Waals surface area contributed by atoms with Crippen LogP contribution in [0.2, 0.25) is 0 Å². The molecule has 3 atom stereocenters. The molecule has 7 heteroatoms. The van der Waals surface area contributed by atoms with E-state index in [-0.39, 0.29) is 41.9 Å². The monoisotopic (exact) mass is 310 g/mol. The fraction of sp³-hybridized carbons (Fsp3) is 0.800. The Balaban J connectivity index is 2.10. The van der Waals surface area contributed by atoms with Crippen molar-refractivity contribution in [2.45, 2.75) is 58.3 Å². The third-order valence-electron chi connectivity index (χ3n) is 4.42. The van der Waals surface area contributed by atoms with E-state index in [1.54, 1.807) is 0 Å². The first kappa shape index (κ1) is 16.7. The Kier molecular flexibility index (Phi) is 5.05. The van der Waals surface area contributed by atoms with Crippen molar-refractivity contribution in [1.29, 1.82) is 0 Å². The lowest BCUT2D eigenvalue weighted by Gasteiger charge is -2.44. The quantitative estimate of drug-likeness (QED) is 0.721. The van der Waals surface area contributed by atoms with Crippen LogP contribution in [-0.2, 0) is 14.4 Å². The molecule has 7 nitrogen and oxygen atoms in total. The fourth-order valence-electron chi connectivity index (χ4n) is 3.47. The number of piperazine rings is 1. The van der Waals surface area contributed by atoms with Gasteiger partial charge in [-0.1, -0.05) is 0 Å². The van der Waals surface area contributed by atoms with E-state index >= 15 is 0 Å². The van der Waals surface area contributed by atoms with Crippen LogP contribution in [0.4, 0.5) is 0 Å². The van der Waals surface area contributed by atoms with Gasteiger partial charge < -0.3 is 15.5 Å². The molecular formula is C15H26N4O3. The van der Waals surface area contributed by atoms with E-state index in [9.17, 15) is 14.4 Å². The third-order valence-corrected chi connectivity index (χ3v) is 4.42. The van der Waals surface area contributed by atoms with E-state index in [0.717, 1.165) is 13.0 Å². The summed E-state index contributed by atoms with van der Waals surface area (Å²) in [5.41, 5.74) is 0. The molecule has 2 saturated heterocycles. The van der Waals surface area contributed by atoms with Crippen LogP contribution in [0.25, 0.3) is 0 Å². The number of rotatable bonds is 4. The minimum atomic E-state index is -0.323. The lowest BCUT2D eigenvalue weighted by molar-refractivity contribution is -0.145. The minimum Gasteiger partial charge on any atom is -0.354 e. The zero-order chi connectivity index (χ0) is 16.4. The highest BCUT2D eigenvalue weighted by Crippen LogP contribution is 2.27. The van der Waals surface area contributed by atoms with Crippen LogP contribution in [-0.4, -0.2) is 71.3 Å². The Morgan fingerprint density at radius 1 is 1.23 bits per heavy atom. The van der Waals surface area contributed by atoms with Gasteiger partial charge in [0.15, 0.2) is 0 Å². The van der Waals surface area contributed by atoms with Gasteiger partial charge in [0.1, 0.15) is 6.04 Å². The molecule has 3 amide bonds. The van der Waals surface area contributed by atoms with E-state index in [4.69, 9.17) is 0 Å². The number of hydrogen-bond acceptors (Lipinski definition) is 4. The predicted molar refractivity (Wildman–Crippen MR) is 82.0 cm³/mol. The molecule has 0 aromatic heterocycles. The van der Waals surface area contributed by atoms with Gasteiger partial charge in [-0.15, -0.1) is 0 Å². The molecule has 2 N–H and O–H groups in total. The molecule has 22 heavy (non-hydrogen) atoms. The predicted octanol–water partition coefficient (Wildman–Crippen LogP) is -0.679. The highest BCUT2D eigenvalue weighted by atomic mass is 16.2.